The van der Waals surface area contributed by atoms with E-state index in [1.807, 2.05) is 6.92 Å². The van der Waals surface area contributed by atoms with Crippen LogP contribution in [-0.4, -0.2) is 18.5 Å². The van der Waals surface area contributed by atoms with Crippen LogP contribution in [0.25, 0.3) is 0 Å². The maximum absolute atomic E-state index is 12.0. The molecule has 4 heteroatoms. The van der Waals surface area contributed by atoms with Crippen LogP contribution in [0.4, 0.5) is 8.78 Å². The number of rotatable bonds is 5. The summed E-state index contributed by atoms with van der Waals surface area (Å²) in [6.45, 7) is 5.37. The first-order valence-electron chi connectivity index (χ1n) is 3.96. The van der Waals surface area contributed by atoms with Gasteiger partial charge in [0.25, 0.3) is 6.43 Å². The first-order valence-corrected chi connectivity index (χ1v) is 3.96. The van der Waals surface area contributed by atoms with Gasteiger partial charge in [0.15, 0.2) is 0 Å². The van der Waals surface area contributed by atoms with E-state index in [2.05, 4.69) is 6.58 Å². The molecule has 0 saturated carbocycles. The SMILES string of the molecule is C=C(CC(N)CC)C(N)C(F)F. The molecule has 0 amide bonds. The van der Waals surface area contributed by atoms with Crippen molar-refractivity contribution in [2.24, 2.45) is 11.5 Å². The average molecular weight is 178 g/mol. The monoisotopic (exact) mass is 178 g/mol. The Hall–Kier alpha value is -0.480. The summed E-state index contributed by atoms with van der Waals surface area (Å²) in [5.74, 6) is 0. The molecule has 0 aromatic carbocycles. The molecule has 0 bridgehead atoms. The molecule has 0 aliphatic heterocycles. The van der Waals surface area contributed by atoms with E-state index in [9.17, 15) is 8.78 Å². The molecule has 2 unspecified atom stereocenters. The molecule has 0 aliphatic rings. The summed E-state index contributed by atoms with van der Waals surface area (Å²) in [5.41, 5.74) is 11.0. The first kappa shape index (κ1) is 11.5. The van der Waals surface area contributed by atoms with E-state index in [0.29, 0.717) is 12.0 Å². The second-order valence-electron chi connectivity index (χ2n) is 2.89. The Kier molecular flexibility index (Phi) is 5.01. The van der Waals surface area contributed by atoms with E-state index in [1.54, 1.807) is 0 Å². The lowest BCUT2D eigenvalue weighted by Gasteiger charge is -2.16. The van der Waals surface area contributed by atoms with Gasteiger partial charge in [0.05, 0.1) is 6.04 Å². The van der Waals surface area contributed by atoms with Crippen LogP contribution in [0.15, 0.2) is 12.2 Å². The van der Waals surface area contributed by atoms with Crippen molar-refractivity contribution < 1.29 is 8.78 Å². The molecule has 0 spiro atoms. The van der Waals surface area contributed by atoms with E-state index in [-0.39, 0.29) is 6.04 Å². The minimum Gasteiger partial charge on any atom is -0.327 e. The van der Waals surface area contributed by atoms with Crippen LogP contribution in [-0.2, 0) is 0 Å². The van der Waals surface area contributed by atoms with Crippen molar-refractivity contribution >= 4 is 0 Å². The van der Waals surface area contributed by atoms with Crippen LogP contribution in [0.5, 0.6) is 0 Å². The number of hydrogen-bond donors (Lipinski definition) is 2. The first-order chi connectivity index (χ1) is 5.49. The molecule has 0 saturated heterocycles. The van der Waals surface area contributed by atoms with Gasteiger partial charge in [-0.15, -0.1) is 0 Å². The minimum absolute atomic E-state index is 0.109. The molecule has 2 atom stereocenters. The molecular formula is C8H16F2N2. The summed E-state index contributed by atoms with van der Waals surface area (Å²) in [7, 11) is 0. The van der Waals surface area contributed by atoms with Crippen molar-refractivity contribution in [3.8, 4) is 0 Å². The quantitative estimate of drug-likeness (QED) is 0.623. The van der Waals surface area contributed by atoms with Crippen molar-refractivity contribution in [2.75, 3.05) is 0 Å². The summed E-state index contributed by atoms with van der Waals surface area (Å²) in [6.07, 6.45) is -1.42. The van der Waals surface area contributed by atoms with Crippen LogP contribution < -0.4 is 11.5 Å². The smallest absolute Gasteiger partial charge is 0.257 e. The normalized spacial score (nSPS) is 16.2. The fraction of sp³-hybridized carbons (Fsp3) is 0.750. The van der Waals surface area contributed by atoms with E-state index < -0.39 is 12.5 Å². The summed E-state index contributed by atoms with van der Waals surface area (Å²) in [5, 5.41) is 0. The lowest BCUT2D eigenvalue weighted by molar-refractivity contribution is 0.127. The Morgan fingerprint density at radius 2 is 1.92 bits per heavy atom. The number of alkyl halides is 2. The molecule has 0 aromatic heterocycles. The van der Waals surface area contributed by atoms with Gasteiger partial charge in [0, 0.05) is 6.04 Å². The Balaban J connectivity index is 3.87. The van der Waals surface area contributed by atoms with E-state index in [4.69, 9.17) is 11.5 Å². The largest absolute Gasteiger partial charge is 0.327 e. The number of halogens is 2. The van der Waals surface area contributed by atoms with Crippen molar-refractivity contribution in [3.63, 3.8) is 0 Å². The zero-order valence-electron chi connectivity index (χ0n) is 7.26. The summed E-state index contributed by atoms with van der Waals surface area (Å²) >= 11 is 0. The predicted molar refractivity (Wildman–Crippen MR) is 46.0 cm³/mol. The second kappa shape index (κ2) is 5.22. The van der Waals surface area contributed by atoms with Gasteiger partial charge in [-0.1, -0.05) is 19.1 Å². The van der Waals surface area contributed by atoms with Gasteiger partial charge in [-0.3, -0.25) is 0 Å². The Morgan fingerprint density at radius 1 is 1.42 bits per heavy atom. The lowest BCUT2D eigenvalue weighted by atomic mass is 10.0. The third kappa shape index (κ3) is 3.78. The van der Waals surface area contributed by atoms with Crippen molar-refractivity contribution in [3.05, 3.63) is 12.2 Å². The summed E-state index contributed by atoms with van der Waals surface area (Å²) in [6, 6.07) is -1.34. The molecule has 0 aliphatic carbocycles. The average Bonchev–Trinajstić information content (AvgIpc) is 2.02. The van der Waals surface area contributed by atoms with Gasteiger partial charge in [-0.2, -0.15) is 0 Å². The predicted octanol–water partition coefficient (Wildman–Crippen LogP) is 1.26. The molecule has 0 aromatic rings. The molecule has 0 rings (SSSR count). The maximum atomic E-state index is 12.0. The Bertz CT molecular complexity index is 148. The highest BCUT2D eigenvalue weighted by atomic mass is 19.3. The standard InChI is InChI=1S/C8H16F2N2/c1-3-6(11)4-5(2)7(12)8(9)10/h6-8H,2-4,11-12H2,1H3. The van der Waals surface area contributed by atoms with Gasteiger partial charge in [-0.25, -0.2) is 8.78 Å². The topological polar surface area (TPSA) is 52.0 Å². The maximum Gasteiger partial charge on any atom is 0.257 e. The molecule has 0 fully saturated rings. The van der Waals surface area contributed by atoms with E-state index in [1.165, 1.54) is 0 Å². The summed E-state index contributed by atoms with van der Waals surface area (Å²) < 4.78 is 24.0. The molecular weight excluding hydrogens is 162 g/mol. The molecule has 12 heavy (non-hydrogen) atoms. The van der Waals surface area contributed by atoms with E-state index in [0.717, 1.165) is 6.42 Å². The minimum atomic E-state index is -2.54. The number of nitrogens with two attached hydrogens (primary N) is 2. The molecule has 0 heterocycles. The Labute approximate surface area is 71.6 Å². The van der Waals surface area contributed by atoms with Gasteiger partial charge in [-0.05, 0) is 12.8 Å². The highest BCUT2D eigenvalue weighted by Gasteiger charge is 2.19. The lowest BCUT2D eigenvalue weighted by Crippen LogP contribution is -2.33. The van der Waals surface area contributed by atoms with Gasteiger partial charge < -0.3 is 11.5 Å². The fourth-order valence-corrected chi connectivity index (χ4v) is 0.795. The third-order valence-corrected chi connectivity index (χ3v) is 1.79. The zero-order valence-corrected chi connectivity index (χ0v) is 7.26. The second-order valence-corrected chi connectivity index (χ2v) is 2.89. The zero-order chi connectivity index (χ0) is 9.72. The van der Waals surface area contributed by atoms with Crippen LogP contribution >= 0.6 is 0 Å². The molecule has 72 valence electrons. The molecule has 2 nitrogen and oxygen atoms in total. The number of hydrogen-bond acceptors (Lipinski definition) is 2. The van der Waals surface area contributed by atoms with Crippen molar-refractivity contribution in [2.45, 2.75) is 38.3 Å². The molecule has 0 radical (unpaired) electrons. The van der Waals surface area contributed by atoms with Crippen molar-refractivity contribution in [1.29, 1.82) is 0 Å². The van der Waals surface area contributed by atoms with Gasteiger partial charge in [0.1, 0.15) is 0 Å². The fourth-order valence-electron chi connectivity index (χ4n) is 0.795. The summed E-state index contributed by atoms with van der Waals surface area (Å²) in [4.78, 5) is 0. The van der Waals surface area contributed by atoms with Gasteiger partial charge in [0.2, 0.25) is 0 Å². The highest BCUT2D eigenvalue weighted by molar-refractivity contribution is 5.07. The highest BCUT2D eigenvalue weighted by Crippen LogP contribution is 2.12. The van der Waals surface area contributed by atoms with E-state index >= 15 is 0 Å². The molecule has 4 N–H and O–H groups in total. The van der Waals surface area contributed by atoms with Crippen LogP contribution in [0, 0.1) is 0 Å². The van der Waals surface area contributed by atoms with Crippen LogP contribution in [0.1, 0.15) is 19.8 Å². The Morgan fingerprint density at radius 3 is 2.25 bits per heavy atom. The van der Waals surface area contributed by atoms with Crippen molar-refractivity contribution in [1.82, 2.24) is 0 Å². The van der Waals surface area contributed by atoms with Crippen LogP contribution in [0.2, 0.25) is 0 Å². The third-order valence-electron chi connectivity index (χ3n) is 1.79. The van der Waals surface area contributed by atoms with Crippen LogP contribution in [0.3, 0.4) is 0 Å². The van der Waals surface area contributed by atoms with Gasteiger partial charge >= 0.3 is 0 Å².